The van der Waals surface area contributed by atoms with E-state index >= 15 is 0 Å². The van der Waals surface area contributed by atoms with Crippen molar-refractivity contribution in [2.24, 2.45) is 11.1 Å². The fourth-order valence-corrected chi connectivity index (χ4v) is 2.62. The van der Waals surface area contributed by atoms with Crippen molar-refractivity contribution >= 4 is 11.6 Å². The molecular weight excluding hydrogens is 226 g/mol. The summed E-state index contributed by atoms with van der Waals surface area (Å²) < 4.78 is 0. The van der Waals surface area contributed by atoms with Gasteiger partial charge in [-0.2, -0.15) is 0 Å². The van der Waals surface area contributed by atoms with E-state index in [1.165, 1.54) is 6.42 Å². The first kappa shape index (κ1) is 13.0. The van der Waals surface area contributed by atoms with Crippen molar-refractivity contribution in [1.82, 2.24) is 4.98 Å². The van der Waals surface area contributed by atoms with Crippen LogP contribution in [0.2, 0.25) is 0 Å². The molecule has 4 heteroatoms. The van der Waals surface area contributed by atoms with Crippen molar-refractivity contribution in [3.63, 3.8) is 0 Å². The highest BCUT2D eigenvalue weighted by atomic mass is 16.2. The number of anilines is 1. The minimum atomic E-state index is -0.374. The minimum absolute atomic E-state index is 0.0563. The first-order valence-corrected chi connectivity index (χ1v) is 6.61. The number of hydrogen-bond donors (Lipinski definition) is 2. The van der Waals surface area contributed by atoms with E-state index in [1.807, 2.05) is 19.1 Å². The van der Waals surface area contributed by atoms with Crippen molar-refractivity contribution in [2.75, 3.05) is 11.9 Å². The number of rotatable bonds is 3. The summed E-state index contributed by atoms with van der Waals surface area (Å²) in [6.07, 6.45) is 6.92. The van der Waals surface area contributed by atoms with Crippen molar-refractivity contribution < 1.29 is 4.79 Å². The van der Waals surface area contributed by atoms with Crippen LogP contribution in [0.4, 0.5) is 5.69 Å². The first-order valence-electron chi connectivity index (χ1n) is 6.61. The Balaban J connectivity index is 2.13. The molecular formula is C14H21N3O. The SMILES string of the molecule is Cc1ncccc1NC(=O)C1(CN)CCCCC1. The predicted molar refractivity (Wildman–Crippen MR) is 72.2 cm³/mol. The van der Waals surface area contributed by atoms with E-state index in [-0.39, 0.29) is 11.3 Å². The fraction of sp³-hybridized carbons (Fsp3) is 0.571. The summed E-state index contributed by atoms with van der Waals surface area (Å²) in [5.41, 5.74) is 7.11. The molecule has 18 heavy (non-hydrogen) atoms. The van der Waals surface area contributed by atoms with Crippen LogP contribution in [0.15, 0.2) is 18.3 Å². The summed E-state index contributed by atoms with van der Waals surface area (Å²) in [6, 6.07) is 3.71. The van der Waals surface area contributed by atoms with E-state index in [2.05, 4.69) is 10.3 Å². The molecule has 0 radical (unpaired) electrons. The van der Waals surface area contributed by atoms with Gasteiger partial charge in [0.15, 0.2) is 0 Å². The predicted octanol–water partition coefficient (Wildman–Crippen LogP) is 2.24. The van der Waals surface area contributed by atoms with Crippen LogP contribution in [-0.4, -0.2) is 17.4 Å². The van der Waals surface area contributed by atoms with Crippen molar-refractivity contribution in [1.29, 1.82) is 0 Å². The molecule has 1 fully saturated rings. The van der Waals surface area contributed by atoms with Crippen molar-refractivity contribution in [3.8, 4) is 0 Å². The van der Waals surface area contributed by atoms with Gasteiger partial charge in [0.2, 0.25) is 5.91 Å². The first-order chi connectivity index (χ1) is 8.68. The Morgan fingerprint density at radius 2 is 2.17 bits per heavy atom. The molecule has 0 unspecified atom stereocenters. The molecule has 4 nitrogen and oxygen atoms in total. The van der Waals surface area contributed by atoms with Crippen LogP contribution < -0.4 is 11.1 Å². The third-order valence-corrected chi connectivity index (χ3v) is 3.94. The lowest BCUT2D eigenvalue weighted by molar-refractivity contribution is -0.126. The van der Waals surface area contributed by atoms with E-state index in [0.29, 0.717) is 6.54 Å². The Bertz CT molecular complexity index is 425. The van der Waals surface area contributed by atoms with E-state index in [0.717, 1.165) is 37.1 Å². The van der Waals surface area contributed by atoms with Gasteiger partial charge >= 0.3 is 0 Å². The molecule has 1 aromatic rings. The number of nitrogens with two attached hydrogens (primary N) is 1. The zero-order valence-corrected chi connectivity index (χ0v) is 10.9. The molecule has 98 valence electrons. The van der Waals surface area contributed by atoms with Gasteiger partial charge in [0, 0.05) is 12.7 Å². The number of amides is 1. The molecule has 1 aromatic heterocycles. The molecule has 0 atom stereocenters. The lowest BCUT2D eigenvalue weighted by Gasteiger charge is -2.34. The summed E-state index contributed by atoms with van der Waals surface area (Å²) in [4.78, 5) is 16.6. The van der Waals surface area contributed by atoms with E-state index in [4.69, 9.17) is 5.73 Å². The summed E-state index contributed by atoms with van der Waals surface area (Å²) in [5, 5.41) is 2.99. The Hall–Kier alpha value is -1.42. The molecule has 1 aliphatic rings. The smallest absolute Gasteiger partial charge is 0.231 e. The topological polar surface area (TPSA) is 68.0 Å². The van der Waals surface area contributed by atoms with Gasteiger partial charge in [0.05, 0.1) is 16.8 Å². The average Bonchev–Trinajstić information content (AvgIpc) is 2.42. The maximum atomic E-state index is 12.5. The lowest BCUT2D eigenvalue weighted by Crippen LogP contribution is -2.44. The number of carbonyl (C=O) groups excluding carboxylic acids is 1. The Kier molecular flexibility index (Phi) is 3.97. The van der Waals surface area contributed by atoms with E-state index in [9.17, 15) is 4.79 Å². The second-order valence-corrected chi connectivity index (χ2v) is 5.14. The number of aromatic nitrogens is 1. The van der Waals surface area contributed by atoms with Gasteiger partial charge in [0.1, 0.15) is 0 Å². The van der Waals surface area contributed by atoms with Gasteiger partial charge in [0.25, 0.3) is 0 Å². The molecule has 1 amide bonds. The molecule has 1 saturated carbocycles. The van der Waals surface area contributed by atoms with Crippen LogP contribution in [0.3, 0.4) is 0 Å². The lowest BCUT2D eigenvalue weighted by atomic mass is 9.73. The van der Waals surface area contributed by atoms with Gasteiger partial charge in [-0.15, -0.1) is 0 Å². The molecule has 0 saturated heterocycles. The van der Waals surface area contributed by atoms with E-state index < -0.39 is 0 Å². The molecule has 1 heterocycles. The molecule has 0 aromatic carbocycles. The zero-order chi connectivity index (χ0) is 13.0. The van der Waals surface area contributed by atoms with E-state index in [1.54, 1.807) is 6.20 Å². The number of aryl methyl sites for hydroxylation is 1. The monoisotopic (exact) mass is 247 g/mol. The maximum absolute atomic E-state index is 12.5. The van der Waals surface area contributed by atoms with Crippen LogP contribution >= 0.6 is 0 Å². The second-order valence-electron chi connectivity index (χ2n) is 5.14. The summed E-state index contributed by atoms with van der Waals surface area (Å²) in [6.45, 7) is 2.32. The van der Waals surface area contributed by atoms with Crippen LogP contribution in [0.25, 0.3) is 0 Å². The summed E-state index contributed by atoms with van der Waals surface area (Å²) >= 11 is 0. The fourth-order valence-electron chi connectivity index (χ4n) is 2.62. The second kappa shape index (κ2) is 5.48. The van der Waals surface area contributed by atoms with Crippen LogP contribution in [0, 0.1) is 12.3 Å². The Morgan fingerprint density at radius 1 is 1.44 bits per heavy atom. The highest BCUT2D eigenvalue weighted by molar-refractivity contribution is 5.96. The number of hydrogen-bond acceptors (Lipinski definition) is 3. The molecule has 2 rings (SSSR count). The third-order valence-electron chi connectivity index (χ3n) is 3.94. The number of nitrogens with one attached hydrogen (secondary N) is 1. The van der Waals surface area contributed by atoms with Crippen LogP contribution in [0.1, 0.15) is 37.8 Å². The maximum Gasteiger partial charge on any atom is 0.231 e. The Morgan fingerprint density at radius 3 is 2.78 bits per heavy atom. The van der Waals surface area contributed by atoms with Crippen LogP contribution in [-0.2, 0) is 4.79 Å². The largest absolute Gasteiger partial charge is 0.329 e. The van der Waals surface area contributed by atoms with Crippen molar-refractivity contribution in [2.45, 2.75) is 39.0 Å². The molecule has 0 bridgehead atoms. The van der Waals surface area contributed by atoms with Crippen LogP contribution in [0.5, 0.6) is 0 Å². The zero-order valence-electron chi connectivity index (χ0n) is 10.9. The quantitative estimate of drug-likeness (QED) is 0.860. The molecule has 0 spiro atoms. The standard InChI is InChI=1S/C14H21N3O/c1-11-12(6-5-9-16-11)17-13(18)14(10-15)7-3-2-4-8-14/h5-6,9H,2-4,7-8,10,15H2,1H3,(H,17,18). The highest BCUT2D eigenvalue weighted by Gasteiger charge is 2.38. The number of nitrogens with zero attached hydrogens (tertiary/aromatic N) is 1. The van der Waals surface area contributed by atoms with Gasteiger partial charge in [-0.3, -0.25) is 9.78 Å². The highest BCUT2D eigenvalue weighted by Crippen LogP contribution is 2.36. The third kappa shape index (κ3) is 2.53. The van der Waals surface area contributed by atoms with Gasteiger partial charge in [-0.25, -0.2) is 0 Å². The van der Waals surface area contributed by atoms with Crippen molar-refractivity contribution in [3.05, 3.63) is 24.0 Å². The van der Waals surface area contributed by atoms with Gasteiger partial charge < -0.3 is 11.1 Å². The average molecular weight is 247 g/mol. The summed E-state index contributed by atoms with van der Waals surface area (Å²) in [5.74, 6) is 0.0563. The minimum Gasteiger partial charge on any atom is -0.329 e. The summed E-state index contributed by atoms with van der Waals surface area (Å²) in [7, 11) is 0. The Labute approximate surface area is 108 Å². The normalized spacial score (nSPS) is 18.3. The van der Waals surface area contributed by atoms with Gasteiger partial charge in [-0.05, 0) is 31.9 Å². The molecule has 3 N–H and O–H groups in total. The number of pyridine rings is 1. The number of carbonyl (C=O) groups is 1. The molecule has 1 aliphatic carbocycles. The van der Waals surface area contributed by atoms with Gasteiger partial charge in [-0.1, -0.05) is 19.3 Å². The molecule has 0 aliphatic heterocycles.